The zero-order chi connectivity index (χ0) is 10.6. The monoisotopic (exact) mass is 200 g/mol. The predicted molar refractivity (Wildman–Crippen MR) is 47.3 cm³/mol. The topological polar surface area (TPSA) is 26.3 Å². The first-order valence-electron chi connectivity index (χ1n) is 4.11. The maximum atomic E-state index is 12.9. The maximum absolute atomic E-state index is 12.9. The molecular formula is C10H10F2O2. The van der Waals surface area contributed by atoms with Gasteiger partial charge in [-0.15, -0.1) is 0 Å². The fourth-order valence-corrected chi connectivity index (χ4v) is 0.987. The SMILES string of the molecule is CC(=O)CC(F)(F)Oc1ccccc1. The molecule has 0 aromatic heterocycles. The molecule has 76 valence electrons. The summed E-state index contributed by atoms with van der Waals surface area (Å²) in [6, 6.07) is 7.68. The van der Waals surface area contributed by atoms with Crippen molar-refractivity contribution in [1.82, 2.24) is 0 Å². The molecule has 0 radical (unpaired) electrons. The van der Waals surface area contributed by atoms with E-state index in [1.165, 1.54) is 12.1 Å². The van der Waals surface area contributed by atoms with Gasteiger partial charge in [0.1, 0.15) is 18.0 Å². The molecular weight excluding hydrogens is 190 g/mol. The Bertz CT molecular complexity index is 309. The Morgan fingerprint density at radius 1 is 1.36 bits per heavy atom. The van der Waals surface area contributed by atoms with E-state index in [0.717, 1.165) is 6.92 Å². The average Bonchev–Trinajstić information content (AvgIpc) is 2.02. The molecule has 0 saturated heterocycles. The Kier molecular flexibility index (Phi) is 3.17. The lowest BCUT2D eigenvalue weighted by Gasteiger charge is -2.16. The molecule has 0 atom stereocenters. The van der Waals surface area contributed by atoms with Gasteiger partial charge >= 0.3 is 6.11 Å². The van der Waals surface area contributed by atoms with E-state index in [1.807, 2.05) is 0 Å². The summed E-state index contributed by atoms with van der Waals surface area (Å²) in [5.41, 5.74) is 0. The summed E-state index contributed by atoms with van der Waals surface area (Å²) in [7, 11) is 0. The van der Waals surface area contributed by atoms with Gasteiger partial charge < -0.3 is 4.74 Å². The number of rotatable bonds is 4. The van der Waals surface area contributed by atoms with Crippen LogP contribution in [0.15, 0.2) is 30.3 Å². The summed E-state index contributed by atoms with van der Waals surface area (Å²) in [5, 5.41) is 0. The van der Waals surface area contributed by atoms with Crippen LogP contribution in [0.4, 0.5) is 8.78 Å². The third-order valence-electron chi connectivity index (χ3n) is 1.47. The zero-order valence-corrected chi connectivity index (χ0v) is 7.67. The molecule has 0 aliphatic rings. The van der Waals surface area contributed by atoms with Crippen LogP contribution in [0.25, 0.3) is 0 Å². The molecule has 1 aromatic rings. The Hall–Kier alpha value is -1.45. The van der Waals surface area contributed by atoms with Crippen molar-refractivity contribution < 1.29 is 18.3 Å². The third-order valence-corrected chi connectivity index (χ3v) is 1.47. The first-order valence-corrected chi connectivity index (χ1v) is 4.11. The number of carbonyl (C=O) groups excluding carboxylic acids is 1. The Morgan fingerprint density at radius 2 is 1.93 bits per heavy atom. The number of hydrogen-bond acceptors (Lipinski definition) is 2. The highest BCUT2D eigenvalue weighted by atomic mass is 19.3. The molecule has 4 heteroatoms. The minimum atomic E-state index is -3.42. The zero-order valence-electron chi connectivity index (χ0n) is 7.67. The van der Waals surface area contributed by atoms with Gasteiger partial charge in [0, 0.05) is 0 Å². The van der Waals surface area contributed by atoms with Crippen LogP contribution in [-0.2, 0) is 4.79 Å². The van der Waals surface area contributed by atoms with E-state index in [0.29, 0.717) is 0 Å². The fraction of sp³-hybridized carbons (Fsp3) is 0.300. The van der Waals surface area contributed by atoms with Crippen molar-refractivity contribution in [2.24, 2.45) is 0 Å². The van der Waals surface area contributed by atoms with E-state index in [9.17, 15) is 13.6 Å². The summed E-state index contributed by atoms with van der Waals surface area (Å²) < 4.78 is 30.2. The number of hydrogen-bond donors (Lipinski definition) is 0. The lowest BCUT2D eigenvalue weighted by atomic mass is 10.3. The summed E-state index contributed by atoms with van der Waals surface area (Å²) in [6.45, 7) is 1.10. The molecule has 0 bridgehead atoms. The molecule has 0 fully saturated rings. The lowest BCUT2D eigenvalue weighted by molar-refractivity contribution is -0.182. The number of halogens is 2. The Labute approximate surface area is 80.5 Å². The standard InChI is InChI=1S/C10H10F2O2/c1-8(13)7-10(11,12)14-9-5-3-2-4-6-9/h2-6H,7H2,1H3. The fourth-order valence-electron chi connectivity index (χ4n) is 0.987. The van der Waals surface area contributed by atoms with Gasteiger partial charge in [-0.25, -0.2) is 0 Å². The van der Waals surface area contributed by atoms with Gasteiger partial charge in [-0.1, -0.05) is 18.2 Å². The molecule has 2 nitrogen and oxygen atoms in total. The number of alkyl halides is 2. The van der Waals surface area contributed by atoms with Crippen LogP contribution >= 0.6 is 0 Å². The molecule has 0 N–H and O–H groups in total. The molecule has 0 spiro atoms. The van der Waals surface area contributed by atoms with Crippen molar-refractivity contribution in [3.05, 3.63) is 30.3 Å². The highest BCUT2D eigenvalue weighted by Crippen LogP contribution is 2.24. The molecule has 0 aliphatic carbocycles. The molecule has 0 amide bonds. The smallest absolute Gasteiger partial charge is 0.404 e. The van der Waals surface area contributed by atoms with Gasteiger partial charge in [0.15, 0.2) is 0 Å². The third kappa shape index (κ3) is 3.51. The molecule has 1 rings (SSSR count). The van der Waals surface area contributed by atoms with E-state index in [1.54, 1.807) is 18.2 Å². The van der Waals surface area contributed by atoms with Crippen molar-refractivity contribution >= 4 is 5.78 Å². The average molecular weight is 200 g/mol. The second kappa shape index (κ2) is 4.17. The van der Waals surface area contributed by atoms with Crippen molar-refractivity contribution in [2.75, 3.05) is 0 Å². The minimum absolute atomic E-state index is 0.0544. The summed E-state index contributed by atoms with van der Waals surface area (Å²) in [4.78, 5) is 10.5. The molecule has 0 saturated carbocycles. The first kappa shape index (κ1) is 10.6. The van der Waals surface area contributed by atoms with Crippen LogP contribution in [0.1, 0.15) is 13.3 Å². The number of para-hydroxylation sites is 1. The predicted octanol–water partition coefficient (Wildman–Crippen LogP) is 2.64. The molecule has 0 unspecified atom stereocenters. The largest absolute Gasteiger partial charge is 0.432 e. The van der Waals surface area contributed by atoms with Crippen LogP contribution in [0.2, 0.25) is 0 Å². The van der Waals surface area contributed by atoms with Crippen molar-refractivity contribution in [3.8, 4) is 5.75 Å². The van der Waals surface area contributed by atoms with E-state index in [-0.39, 0.29) is 5.75 Å². The Morgan fingerprint density at radius 3 is 2.43 bits per heavy atom. The molecule has 0 aliphatic heterocycles. The number of Topliss-reactive ketones (excluding diaryl/α,β-unsaturated/α-hetero) is 1. The van der Waals surface area contributed by atoms with E-state index in [4.69, 9.17) is 0 Å². The van der Waals surface area contributed by atoms with Crippen LogP contribution in [0.3, 0.4) is 0 Å². The number of benzene rings is 1. The number of carbonyl (C=O) groups is 1. The van der Waals surface area contributed by atoms with Crippen LogP contribution in [-0.4, -0.2) is 11.9 Å². The number of ether oxygens (including phenoxy) is 1. The number of ketones is 1. The first-order chi connectivity index (χ1) is 6.49. The quantitative estimate of drug-likeness (QED) is 0.746. The Balaban J connectivity index is 2.63. The van der Waals surface area contributed by atoms with Crippen molar-refractivity contribution in [1.29, 1.82) is 0 Å². The van der Waals surface area contributed by atoms with E-state index in [2.05, 4.69) is 4.74 Å². The van der Waals surface area contributed by atoms with Gasteiger partial charge in [0.2, 0.25) is 0 Å². The minimum Gasteiger partial charge on any atom is -0.432 e. The molecule has 14 heavy (non-hydrogen) atoms. The molecule has 0 heterocycles. The van der Waals surface area contributed by atoms with Gasteiger partial charge in [0.05, 0.1) is 0 Å². The van der Waals surface area contributed by atoms with Gasteiger partial charge in [-0.05, 0) is 19.1 Å². The highest BCUT2D eigenvalue weighted by Gasteiger charge is 2.33. The molecule has 1 aromatic carbocycles. The van der Waals surface area contributed by atoms with Crippen molar-refractivity contribution in [2.45, 2.75) is 19.5 Å². The summed E-state index contributed by atoms with van der Waals surface area (Å²) >= 11 is 0. The normalized spacial score (nSPS) is 11.1. The highest BCUT2D eigenvalue weighted by molar-refractivity contribution is 5.76. The summed E-state index contributed by atoms with van der Waals surface area (Å²) in [6.07, 6.45) is -4.32. The maximum Gasteiger partial charge on any atom is 0.404 e. The van der Waals surface area contributed by atoms with Crippen LogP contribution < -0.4 is 4.74 Å². The second-order valence-corrected chi connectivity index (χ2v) is 2.93. The van der Waals surface area contributed by atoms with Crippen LogP contribution in [0.5, 0.6) is 5.75 Å². The summed E-state index contributed by atoms with van der Waals surface area (Å²) in [5.74, 6) is -0.551. The van der Waals surface area contributed by atoms with E-state index >= 15 is 0 Å². The van der Waals surface area contributed by atoms with Crippen molar-refractivity contribution in [3.63, 3.8) is 0 Å². The second-order valence-electron chi connectivity index (χ2n) is 2.93. The van der Waals surface area contributed by atoms with Crippen LogP contribution in [0, 0.1) is 0 Å². The van der Waals surface area contributed by atoms with E-state index < -0.39 is 18.3 Å². The van der Waals surface area contributed by atoms with Gasteiger partial charge in [-0.3, -0.25) is 4.79 Å². The lowest BCUT2D eigenvalue weighted by Crippen LogP contribution is -2.27. The van der Waals surface area contributed by atoms with Gasteiger partial charge in [-0.2, -0.15) is 8.78 Å². The van der Waals surface area contributed by atoms with Gasteiger partial charge in [0.25, 0.3) is 0 Å².